The minimum Gasteiger partial charge on any atom is -0.360 e. The van der Waals surface area contributed by atoms with Crippen LogP contribution in [0, 0.1) is 11.8 Å². The van der Waals surface area contributed by atoms with Crippen LogP contribution in [0.2, 0.25) is 0 Å². The van der Waals surface area contributed by atoms with Gasteiger partial charge in [0.15, 0.2) is 0 Å². The molecule has 73 valence electrons. The van der Waals surface area contributed by atoms with Crippen molar-refractivity contribution in [1.82, 2.24) is 4.90 Å². The number of hydrogen-bond donors (Lipinski definition) is 1. The summed E-state index contributed by atoms with van der Waals surface area (Å²) in [6, 6.07) is 10.2. The van der Waals surface area contributed by atoms with E-state index in [9.17, 15) is 0 Å². The van der Waals surface area contributed by atoms with Crippen molar-refractivity contribution in [3.8, 4) is 0 Å². The van der Waals surface area contributed by atoms with E-state index >= 15 is 0 Å². The number of hydrogen-bond acceptors (Lipinski definition) is 1. The van der Waals surface area contributed by atoms with Gasteiger partial charge < -0.3 is 4.90 Å². The van der Waals surface area contributed by atoms with E-state index in [-0.39, 0.29) is 0 Å². The Morgan fingerprint density at radius 2 is 2.07 bits per heavy atom. The Balaban J connectivity index is 1.94. The van der Waals surface area contributed by atoms with Crippen LogP contribution in [0.5, 0.6) is 0 Å². The number of nitrogens with zero attached hydrogens (tertiary/aromatic N) is 1. The second kappa shape index (κ2) is 4.27. The van der Waals surface area contributed by atoms with Crippen LogP contribution in [0.25, 0.3) is 0 Å². The van der Waals surface area contributed by atoms with Gasteiger partial charge in [0.2, 0.25) is 0 Å². The van der Waals surface area contributed by atoms with Gasteiger partial charge in [-0.2, -0.15) is 0 Å². The van der Waals surface area contributed by atoms with Gasteiger partial charge in [-0.3, -0.25) is 5.41 Å². The van der Waals surface area contributed by atoms with Crippen LogP contribution in [-0.2, 0) is 6.42 Å². The second-order valence-corrected chi connectivity index (χ2v) is 3.63. The Kier molecular flexibility index (Phi) is 2.82. The normalized spacial score (nSPS) is 15.9. The number of benzene rings is 1. The zero-order chi connectivity index (χ0) is 9.80. The minimum absolute atomic E-state index is 0.741. The summed E-state index contributed by atoms with van der Waals surface area (Å²) in [5.74, 6) is 0.741. The Morgan fingerprint density at radius 3 is 2.71 bits per heavy atom. The molecule has 0 saturated carbocycles. The summed E-state index contributed by atoms with van der Waals surface area (Å²) in [5.41, 5.74) is 1.23. The molecular formula is C12H15N2. The lowest BCUT2D eigenvalue weighted by Gasteiger charge is -2.18. The molecule has 0 amide bonds. The molecule has 1 saturated heterocycles. The van der Waals surface area contributed by atoms with Gasteiger partial charge in [-0.1, -0.05) is 30.3 Å². The van der Waals surface area contributed by atoms with Gasteiger partial charge in [-0.15, -0.1) is 0 Å². The highest BCUT2D eigenvalue weighted by Crippen LogP contribution is 2.09. The molecule has 2 heteroatoms. The van der Waals surface area contributed by atoms with Crippen molar-refractivity contribution in [2.45, 2.75) is 12.8 Å². The van der Waals surface area contributed by atoms with Crippen LogP contribution >= 0.6 is 0 Å². The molecule has 1 radical (unpaired) electrons. The van der Waals surface area contributed by atoms with Gasteiger partial charge in [0, 0.05) is 19.5 Å². The van der Waals surface area contributed by atoms with E-state index in [1.165, 1.54) is 5.56 Å². The van der Waals surface area contributed by atoms with Gasteiger partial charge in [-0.25, -0.2) is 0 Å². The third-order valence-electron chi connectivity index (χ3n) is 2.55. The molecule has 1 aromatic rings. The molecule has 2 nitrogen and oxygen atoms in total. The van der Waals surface area contributed by atoms with Crippen LogP contribution in [0.3, 0.4) is 0 Å². The summed E-state index contributed by atoms with van der Waals surface area (Å²) in [7, 11) is 0. The molecule has 14 heavy (non-hydrogen) atoms. The van der Waals surface area contributed by atoms with E-state index in [1.807, 2.05) is 18.2 Å². The lowest BCUT2D eigenvalue weighted by molar-refractivity contribution is 0.514. The smallest absolute Gasteiger partial charge is 0.100 e. The van der Waals surface area contributed by atoms with E-state index in [4.69, 9.17) is 5.41 Å². The molecule has 0 aromatic heterocycles. The number of nitrogens with one attached hydrogen (secondary N) is 1. The van der Waals surface area contributed by atoms with Crippen molar-refractivity contribution in [2.75, 3.05) is 13.1 Å². The van der Waals surface area contributed by atoms with Crippen molar-refractivity contribution in [2.24, 2.45) is 0 Å². The molecule has 0 bridgehead atoms. The van der Waals surface area contributed by atoms with Gasteiger partial charge in [0.05, 0.1) is 0 Å². The average Bonchev–Trinajstić information content (AvgIpc) is 2.72. The Hall–Kier alpha value is -1.31. The molecule has 1 fully saturated rings. The second-order valence-electron chi connectivity index (χ2n) is 3.63. The van der Waals surface area contributed by atoms with Gasteiger partial charge in [0.1, 0.15) is 5.84 Å². The molecular weight excluding hydrogens is 172 g/mol. The molecule has 1 aromatic carbocycles. The first-order valence-electron chi connectivity index (χ1n) is 5.04. The largest absolute Gasteiger partial charge is 0.360 e. The maximum absolute atomic E-state index is 7.93. The number of rotatable bonds is 2. The first-order valence-corrected chi connectivity index (χ1v) is 5.04. The van der Waals surface area contributed by atoms with Crippen LogP contribution in [0.1, 0.15) is 12.0 Å². The first kappa shape index (κ1) is 9.25. The summed E-state index contributed by atoms with van der Waals surface area (Å²) in [5, 5.41) is 7.93. The highest BCUT2D eigenvalue weighted by molar-refractivity contribution is 5.81. The topological polar surface area (TPSA) is 27.1 Å². The Bertz CT molecular complexity index is 299. The van der Waals surface area contributed by atoms with Crippen molar-refractivity contribution in [1.29, 1.82) is 5.41 Å². The Morgan fingerprint density at radius 1 is 1.29 bits per heavy atom. The molecule has 0 spiro atoms. The van der Waals surface area contributed by atoms with Crippen LogP contribution in [-0.4, -0.2) is 23.8 Å². The molecule has 2 rings (SSSR count). The molecule has 1 N–H and O–H groups in total. The Labute approximate surface area is 85.1 Å². The lowest BCUT2D eigenvalue weighted by atomic mass is 10.1. The van der Waals surface area contributed by atoms with E-state index in [0.29, 0.717) is 0 Å². The van der Waals surface area contributed by atoms with Gasteiger partial charge >= 0.3 is 0 Å². The molecule has 0 unspecified atom stereocenters. The first-order chi connectivity index (χ1) is 6.86. The fraction of sp³-hybridized carbons (Fsp3) is 0.333. The molecule has 0 aliphatic carbocycles. The van der Waals surface area contributed by atoms with E-state index < -0.39 is 0 Å². The molecule has 1 aliphatic heterocycles. The summed E-state index contributed by atoms with van der Waals surface area (Å²) in [6.45, 7) is 1.97. The highest BCUT2D eigenvalue weighted by atomic mass is 15.2. The summed E-state index contributed by atoms with van der Waals surface area (Å²) in [4.78, 5) is 2.13. The van der Waals surface area contributed by atoms with Crippen LogP contribution in [0.4, 0.5) is 0 Å². The predicted octanol–water partition coefficient (Wildman–Crippen LogP) is 2.12. The van der Waals surface area contributed by atoms with Crippen molar-refractivity contribution in [3.63, 3.8) is 0 Å². The zero-order valence-electron chi connectivity index (χ0n) is 8.24. The third-order valence-corrected chi connectivity index (χ3v) is 2.55. The maximum Gasteiger partial charge on any atom is 0.100 e. The minimum atomic E-state index is 0.741. The van der Waals surface area contributed by atoms with E-state index in [2.05, 4.69) is 23.5 Å². The summed E-state index contributed by atoms with van der Waals surface area (Å²) in [6.07, 6.45) is 4.12. The van der Waals surface area contributed by atoms with E-state index in [1.54, 1.807) is 0 Å². The van der Waals surface area contributed by atoms with Crippen molar-refractivity contribution < 1.29 is 0 Å². The summed E-state index contributed by atoms with van der Waals surface area (Å²) < 4.78 is 0. The predicted molar refractivity (Wildman–Crippen MR) is 58.4 cm³/mol. The van der Waals surface area contributed by atoms with Crippen LogP contribution < -0.4 is 0 Å². The molecule has 0 atom stereocenters. The number of likely N-dealkylation sites (tertiary alicyclic amines) is 1. The number of amidine groups is 1. The van der Waals surface area contributed by atoms with Crippen molar-refractivity contribution in [3.05, 3.63) is 42.3 Å². The lowest BCUT2D eigenvalue weighted by Crippen LogP contribution is -2.28. The molecule has 1 aliphatic rings. The van der Waals surface area contributed by atoms with E-state index in [0.717, 1.165) is 31.8 Å². The average molecular weight is 187 g/mol. The highest BCUT2D eigenvalue weighted by Gasteiger charge is 2.14. The fourth-order valence-corrected chi connectivity index (χ4v) is 1.73. The summed E-state index contributed by atoms with van der Waals surface area (Å²) >= 11 is 0. The fourth-order valence-electron chi connectivity index (χ4n) is 1.73. The standard InChI is InChI=1S/C12H15N2/c13-12(14-8-4-5-9-14)10-11-6-2-1-3-7-11/h1-4,6-7,13H,5,8-10H2. The maximum atomic E-state index is 7.93. The van der Waals surface area contributed by atoms with Crippen LogP contribution in [0.15, 0.2) is 30.3 Å². The SMILES string of the molecule is N=C(Cc1ccccc1)N1C[CH]CC1. The van der Waals surface area contributed by atoms with Gasteiger partial charge in [-0.05, 0) is 18.4 Å². The molecule has 1 heterocycles. The van der Waals surface area contributed by atoms with Crippen molar-refractivity contribution >= 4 is 5.84 Å². The monoisotopic (exact) mass is 187 g/mol. The quantitative estimate of drug-likeness (QED) is 0.557. The van der Waals surface area contributed by atoms with Gasteiger partial charge in [0.25, 0.3) is 0 Å². The third kappa shape index (κ3) is 2.13. The zero-order valence-corrected chi connectivity index (χ0v) is 8.24.